The Kier molecular flexibility index (Phi) is 12.7. The van der Waals surface area contributed by atoms with Crippen LogP contribution < -0.4 is 19.3 Å². The largest absolute Gasteiger partial charge is 0.423 e. The molecule has 0 radical (unpaired) electrons. The Bertz CT molecular complexity index is 2440. The number of carbonyl (C=O) groups excluding carboxylic acids is 2. The fourth-order valence-corrected chi connectivity index (χ4v) is 6.50. The van der Waals surface area contributed by atoms with Gasteiger partial charge in [-0.15, -0.1) is 0 Å². The van der Waals surface area contributed by atoms with E-state index in [4.69, 9.17) is 9.47 Å². The van der Waals surface area contributed by atoms with Crippen molar-refractivity contribution in [2.75, 3.05) is 9.80 Å². The van der Waals surface area contributed by atoms with Gasteiger partial charge >= 0.3 is 11.9 Å². The van der Waals surface area contributed by atoms with Gasteiger partial charge in [-0.3, -0.25) is 0 Å². The summed E-state index contributed by atoms with van der Waals surface area (Å²) in [6, 6.07) is 57.0. The number of hydrogen-bond donors (Lipinski definition) is 0. The smallest absolute Gasteiger partial charge is 0.335 e. The van der Waals surface area contributed by atoms with Gasteiger partial charge in [0.1, 0.15) is 11.5 Å². The number of aryl methyl sites for hydroxylation is 2. The lowest BCUT2D eigenvalue weighted by atomic mass is 10.1. The van der Waals surface area contributed by atoms with Crippen molar-refractivity contribution >= 4 is 70.4 Å². The minimum Gasteiger partial charge on any atom is -0.423 e. The molecule has 6 nitrogen and oxygen atoms in total. The molecule has 0 bridgehead atoms. The maximum atomic E-state index is 11.7. The highest BCUT2D eigenvalue weighted by Crippen LogP contribution is 2.37. The Labute approximate surface area is 351 Å². The van der Waals surface area contributed by atoms with E-state index in [2.05, 4.69) is 182 Å². The van der Waals surface area contributed by atoms with E-state index < -0.39 is 11.9 Å². The summed E-state index contributed by atoms with van der Waals surface area (Å²) < 4.78 is 10.6. The number of esters is 2. The molecule has 0 unspecified atom stereocenters. The van der Waals surface area contributed by atoms with Crippen molar-refractivity contribution in [3.8, 4) is 11.5 Å². The number of ether oxygens (including phenoxy) is 2. The Hall–Kier alpha value is -7.96. The van der Waals surface area contributed by atoms with Crippen LogP contribution in [0.15, 0.2) is 195 Å². The molecule has 0 saturated heterocycles. The summed E-state index contributed by atoms with van der Waals surface area (Å²) in [6.07, 6.45) is 10.8. The Morgan fingerprint density at radius 1 is 0.367 bits per heavy atom. The van der Waals surface area contributed by atoms with Crippen LogP contribution in [-0.4, -0.2) is 11.9 Å². The monoisotopic (exact) mass is 784 g/mol. The van der Waals surface area contributed by atoms with Crippen LogP contribution in [0.5, 0.6) is 11.5 Å². The lowest BCUT2D eigenvalue weighted by molar-refractivity contribution is -0.129. The Morgan fingerprint density at radius 3 is 0.833 bits per heavy atom. The maximum absolute atomic E-state index is 11.7. The summed E-state index contributed by atoms with van der Waals surface area (Å²) >= 11 is 0. The van der Waals surface area contributed by atoms with Crippen molar-refractivity contribution in [2.24, 2.45) is 0 Å². The number of benzene rings is 7. The third-order valence-electron chi connectivity index (χ3n) is 9.72. The summed E-state index contributed by atoms with van der Waals surface area (Å²) in [5.41, 5.74) is 12.6. The normalized spacial score (nSPS) is 11.0. The van der Waals surface area contributed by atoms with Crippen LogP contribution >= 0.6 is 0 Å². The van der Waals surface area contributed by atoms with Crippen molar-refractivity contribution < 1.29 is 19.1 Å². The van der Waals surface area contributed by atoms with Crippen LogP contribution in [0.4, 0.5) is 34.1 Å². The topological polar surface area (TPSA) is 59.1 Å². The molecule has 7 rings (SSSR count). The highest BCUT2D eigenvalue weighted by Gasteiger charge is 2.15. The van der Waals surface area contributed by atoms with Crippen LogP contribution in [0, 0.1) is 13.8 Å². The predicted octanol–water partition coefficient (Wildman–Crippen LogP) is 13.8. The molecule has 0 aliphatic carbocycles. The number of hydrogen-bond acceptors (Lipinski definition) is 6. The van der Waals surface area contributed by atoms with Crippen molar-refractivity contribution in [3.05, 3.63) is 229 Å². The number of nitrogens with zero attached hydrogens (tertiary/aromatic N) is 2. The second-order valence-electron chi connectivity index (χ2n) is 14.1. The first-order valence-corrected chi connectivity index (χ1v) is 19.5. The molecule has 0 fully saturated rings. The SMILES string of the molecule is C=CC(=O)Oc1ccc(N(c2ccc(C)cc2)c2ccc(C=Cc3ccc(/C=C\c4ccc(N(c5ccc(C)cc5)c5ccc(OC(=O)C=C)cc5)cc4)cc3)cc2)cc1. The van der Waals surface area contributed by atoms with Gasteiger partial charge in [-0.05, 0) is 133 Å². The van der Waals surface area contributed by atoms with E-state index in [1.807, 2.05) is 24.3 Å². The highest BCUT2D eigenvalue weighted by atomic mass is 16.5. The summed E-state index contributed by atoms with van der Waals surface area (Å²) in [5.74, 6) is -0.0659. The van der Waals surface area contributed by atoms with Gasteiger partial charge in [0.2, 0.25) is 0 Å². The molecule has 0 spiro atoms. The zero-order valence-electron chi connectivity index (χ0n) is 33.6. The molecule has 294 valence electrons. The zero-order valence-corrected chi connectivity index (χ0v) is 33.6. The number of rotatable bonds is 14. The minimum absolute atomic E-state index is 0.460. The van der Waals surface area contributed by atoms with Crippen molar-refractivity contribution in [3.63, 3.8) is 0 Å². The fourth-order valence-electron chi connectivity index (χ4n) is 6.50. The lowest BCUT2D eigenvalue weighted by Gasteiger charge is -2.26. The lowest BCUT2D eigenvalue weighted by Crippen LogP contribution is -2.10. The van der Waals surface area contributed by atoms with E-state index in [0.717, 1.165) is 68.5 Å². The Balaban J connectivity index is 1.02. The molecule has 0 heterocycles. The number of carbonyl (C=O) groups is 2. The minimum atomic E-state index is -0.493. The zero-order chi connectivity index (χ0) is 41.8. The van der Waals surface area contributed by atoms with Gasteiger partial charge in [0.25, 0.3) is 0 Å². The summed E-state index contributed by atoms with van der Waals surface area (Å²) in [4.78, 5) is 27.7. The molecular weight excluding hydrogens is 741 g/mol. The van der Waals surface area contributed by atoms with Gasteiger partial charge < -0.3 is 19.3 Å². The van der Waals surface area contributed by atoms with Crippen molar-refractivity contribution in [1.29, 1.82) is 0 Å². The average Bonchev–Trinajstić information content (AvgIpc) is 3.28. The van der Waals surface area contributed by atoms with E-state index >= 15 is 0 Å². The van der Waals surface area contributed by atoms with E-state index in [9.17, 15) is 9.59 Å². The number of anilines is 6. The van der Waals surface area contributed by atoms with Crippen molar-refractivity contribution in [2.45, 2.75) is 13.8 Å². The molecular formula is C54H44N2O4. The third-order valence-corrected chi connectivity index (χ3v) is 9.72. The van der Waals surface area contributed by atoms with Crippen molar-refractivity contribution in [1.82, 2.24) is 0 Å². The quantitative estimate of drug-likeness (QED) is 0.0474. The molecule has 0 aliphatic rings. The van der Waals surface area contributed by atoms with E-state index in [1.165, 1.54) is 11.1 Å². The summed E-state index contributed by atoms with van der Waals surface area (Å²) in [5, 5.41) is 0. The summed E-state index contributed by atoms with van der Waals surface area (Å²) in [7, 11) is 0. The van der Waals surface area contributed by atoms with Gasteiger partial charge in [-0.1, -0.05) is 121 Å². The average molecular weight is 785 g/mol. The second kappa shape index (κ2) is 19.0. The van der Waals surface area contributed by atoms with Crippen LogP contribution in [-0.2, 0) is 9.59 Å². The molecule has 6 heteroatoms. The molecule has 0 aromatic heterocycles. The fraction of sp³-hybridized carbons (Fsp3) is 0.0370. The molecule has 0 atom stereocenters. The van der Waals surface area contributed by atoms with E-state index in [0.29, 0.717) is 11.5 Å². The van der Waals surface area contributed by atoms with E-state index in [-0.39, 0.29) is 0 Å². The van der Waals surface area contributed by atoms with Crippen LogP contribution in [0.2, 0.25) is 0 Å². The standard InChI is InChI=1S/C54H44N2O4/c1-5-53(57)59-51-35-31-49(32-36-51)55(45-23-7-39(3)8-24-45)47-27-19-43(20-28-47)17-15-41-11-13-42(14-12-41)16-18-44-21-29-48(30-22-44)56(46-25-9-40(4)10-26-46)50-33-37-52(38-34-50)60-54(58)6-2/h5-38H,1-2H2,3-4H3/b17-15-,18-16?. The van der Waals surface area contributed by atoms with E-state index in [1.54, 1.807) is 24.3 Å². The molecule has 0 aliphatic heterocycles. The van der Waals surface area contributed by atoms with Crippen LogP contribution in [0.25, 0.3) is 24.3 Å². The molecule has 7 aromatic carbocycles. The molecule has 7 aromatic rings. The second-order valence-corrected chi connectivity index (χ2v) is 14.1. The van der Waals surface area contributed by atoms with Crippen LogP contribution in [0.1, 0.15) is 33.4 Å². The van der Waals surface area contributed by atoms with Crippen LogP contribution in [0.3, 0.4) is 0 Å². The van der Waals surface area contributed by atoms with Gasteiger partial charge in [0.15, 0.2) is 0 Å². The predicted molar refractivity (Wildman–Crippen MR) is 248 cm³/mol. The summed E-state index contributed by atoms with van der Waals surface area (Å²) in [6.45, 7) is 11.1. The first-order chi connectivity index (χ1) is 29.2. The Morgan fingerprint density at radius 2 is 0.583 bits per heavy atom. The highest BCUT2D eigenvalue weighted by molar-refractivity contribution is 5.85. The van der Waals surface area contributed by atoms with Gasteiger partial charge in [-0.25, -0.2) is 9.59 Å². The van der Waals surface area contributed by atoms with Gasteiger partial charge in [0.05, 0.1) is 0 Å². The first kappa shape index (κ1) is 40.2. The first-order valence-electron chi connectivity index (χ1n) is 19.5. The van der Waals surface area contributed by atoms with Gasteiger partial charge in [-0.2, -0.15) is 0 Å². The third kappa shape index (κ3) is 10.3. The maximum Gasteiger partial charge on any atom is 0.335 e. The molecule has 0 saturated carbocycles. The van der Waals surface area contributed by atoms with Gasteiger partial charge in [0, 0.05) is 46.3 Å². The molecule has 60 heavy (non-hydrogen) atoms. The molecule has 0 N–H and O–H groups in total. The molecule has 0 amide bonds.